The van der Waals surface area contributed by atoms with Crippen LogP contribution >= 0.6 is 15.9 Å². The van der Waals surface area contributed by atoms with Gasteiger partial charge in [0.15, 0.2) is 0 Å². The molecule has 30 heavy (non-hydrogen) atoms. The fourth-order valence-electron chi connectivity index (χ4n) is 3.40. The van der Waals surface area contributed by atoms with Gasteiger partial charge >= 0.3 is 10.2 Å². The van der Waals surface area contributed by atoms with Crippen LogP contribution in [0.2, 0.25) is 0 Å². The predicted octanol–water partition coefficient (Wildman–Crippen LogP) is 4.74. The Hall–Kier alpha value is -2.71. The van der Waals surface area contributed by atoms with Crippen molar-refractivity contribution in [1.29, 1.82) is 0 Å². The minimum absolute atomic E-state index is 0.231. The highest BCUT2D eigenvalue weighted by molar-refractivity contribution is 9.10. The molecule has 1 aliphatic rings. The first-order valence-corrected chi connectivity index (χ1v) is 11.5. The Morgan fingerprint density at radius 3 is 1.67 bits per heavy atom. The number of anilines is 2. The SMILES string of the molecule is COc1ccc(CN2c3ccc(Br)cc3N(Cc3ccc(OC)cc3)S2(=O)=O)cc1. The van der Waals surface area contributed by atoms with Crippen LogP contribution in [-0.4, -0.2) is 22.6 Å². The van der Waals surface area contributed by atoms with E-state index in [2.05, 4.69) is 15.9 Å². The molecule has 0 saturated heterocycles. The molecule has 0 bridgehead atoms. The van der Waals surface area contributed by atoms with E-state index in [0.29, 0.717) is 11.4 Å². The zero-order valence-corrected chi connectivity index (χ0v) is 19.0. The molecule has 0 amide bonds. The number of hydrogen-bond acceptors (Lipinski definition) is 4. The maximum absolute atomic E-state index is 13.5. The van der Waals surface area contributed by atoms with Crippen molar-refractivity contribution in [3.63, 3.8) is 0 Å². The molecule has 0 atom stereocenters. The van der Waals surface area contributed by atoms with Crippen LogP contribution in [0.3, 0.4) is 0 Å². The summed E-state index contributed by atoms with van der Waals surface area (Å²) in [5, 5.41) is 0. The Labute approximate surface area is 185 Å². The monoisotopic (exact) mass is 488 g/mol. The zero-order valence-electron chi connectivity index (χ0n) is 16.6. The summed E-state index contributed by atoms with van der Waals surface area (Å²) in [4.78, 5) is 0. The molecule has 1 heterocycles. The smallest absolute Gasteiger partial charge is 0.327 e. The van der Waals surface area contributed by atoms with E-state index >= 15 is 0 Å². The van der Waals surface area contributed by atoms with Gasteiger partial charge in [-0.1, -0.05) is 40.2 Å². The highest BCUT2D eigenvalue weighted by atomic mass is 79.9. The molecular weight excluding hydrogens is 468 g/mol. The van der Waals surface area contributed by atoms with Crippen molar-refractivity contribution < 1.29 is 17.9 Å². The Morgan fingerprint density at radius 2 is 1.20 bits per heavy atom. The Kier molecular flexibility index (Phi) is 5.62. The average Bonchev–Trinajstić information content (AvgIpc) is 2.95. The van der Waals surface area contributed by atoms with Crippen LogP contribution in [0.15, 0.2) is 71.2 Å². The third-order valence-electron chi connectivity index (χ3n) is 5.00. The normalized spacial score (nSPS) is 14.5. The van der Waals surface area contributed by atoms with Crippen molar-refractivity contribution in [3.05, 3.63) is 82.3 Å². The first-order chi connectivity index (χ1) is 14.4. The number of rotatable bonds is 6. The van der Waals surface area contributed by atoms with Gasteiger partial charge in [0.1, 0.15) is 11.5 Å². The topological polar surface area (TPSA) is 59.1 Å². The standard InChI is InChI=1S/C22H21BrN2O4S/c1-28-19-8-3-16(4-9-19)14-24-21-12-7-18(23)13-22(21)25(30(24,26)27)15-17-5-10-20(29-2)11-6-17/h3-13H,14-15H2,1-2H3. The van der Waals surface area contributed by atoms with Crippen molar-refractivity contribution in [1.82, 2.24) is 0 Å². The average molecular weight is 489 g/mol. The lowest BCUT2D eigenvalue weighted by molar-refractivity contribution is 0.414. The summed E-state index contributed by atoms with van der Waals surface area (Å²) < 4.78 is 41.1. The first-order valence-electron chi connectivity index (χ1n) is 9.28. The van der Waals surface area contributed by atoms with Gasteiger partial charge in [0.25, 0.3) is 0 Å². The second-order valence-electron chi connectivity index (χ2n) is 6.85. The lowest BCUT2D eigenvalue weighted by Gasteiger charge is -2.22. The number of nitrogens with zero attached hydrogens (tertiary/aromatic N) is 2. The second kappa shape index (κ2) is 8.20. The Bertz CT molecular complexity index is 1150. The number of fused-ring (bicyclic) bond motifs is 1. The van der Waals surface area contributed by atoms with Crippen molar-refractivity contribution >= 4 is 37.5 Å². The van der Waals surface area contributed by atoms with Gasteiger partial charge in [0, 0.05) is 4.47 Å². The highest BCUT2D eigenvalue weighted by Gasteiger charge is 2.40. The quantitative estimate of drug-likeness (QED) is 0.502. The molecule has 4 rings (SSSR count). The summed E-state index contributed by atoms with van der Waals surface area (Å²) in [5.74, 6) is 1.46. The van der Waals surface area contributed by atoms with Crippen LogP contribution in [-0.2, 0) is 23.3 Å². The molecule has 8 heteroatoms. The molecule has 156 valence electrons. The van der Waals surface area contributed by atoms with Crippen molar-refractivity contribution in [2.75, 3.05) is 22.8 Å². The maximum Gasteiger partial charge on any atom is 0.327 e. The molecule has 3 aromatic rings. The summed E-state index contributed by atoms with van der Waals surface area (Å²) in [7, 11) is -0.544. The van der Waals surface area contributed by atoms with Crippen LogP contribution in [0, 0.1) is 0 Å². The van der Waals surface area contributed by atoms with Crippen LogP contribution in [0.4, 0.5) is 11.4 Å². The van der Waals surface area contributed by atoms with Gasteiger partial charge in [0.05, 0.1) is 38.7 Å². The third-order valence-corrected chi connectivity index (χ3v) is 7.26. The lowest BCUT2D eigenvalue weighted by atomic mass is 10.2. The summed E-state index contributed by atoms with van der Waals surface area (Å²) in [6.45, 7) is 0.467. The van der Waals surface area contributed by atoms with E-state index in [4.69, 9.17) is 9.47 Å². The molecule has 1 aliphatic heterocycles. The number of benzene rings is 3. The van der Waals surface area contributed by atoms with Crippen LogP contribution in [0.1, 0.15) is 11.1 Å². The van der Waals surface area contributed by atoms with Gasteiger partial charge in [-0.2, -0.15) is 8.42 Å². The molecule has 0 unspecified atom stereocenters. The van der Waals surface area contributed by atoms with Crippen molar-refractivity contribution in [2.45, 2.75) is 13.1 Å². The molecule has 0 saturated carbocycles. The zero-order chi connectivity index (χ0) is 21.3. The number of halogens is 1. The van der Waals surface area contributed by atoms with E-state index in [1.165, 1.54) is 8.61 Å². The van der Waals surface area contributed by atoms with Gasteiger partial charge < -0.3 is 9.47 Å². The molecule has 0 fully saturated rings. The van der Waals surface area contributed by atoms with Gasteiger partial charge in [-0.15, -0.1) is 0 Å². The van der Waals surface area contributed by atoms with Gasteiger partial charge in [0.2, 0.25) is 0 Å². The molecule has 0 aliphatic carbocycles. The molecular formula is C22H21BrN2O4S. The second-order valence-corrected chi connectivity index (χ2v) is 9.54. The Balaban J connectivity index is 1.69. The molecule has 0 spiro atoms. The largest absolute Gasteiger partial charge is 0.497 e. The van der Waals surface area contributed by atoms with Crippen molar-refractivity contribution in [2.24, 2.45) is 0 Å². The first kappa shape index (κ1) is 20.6. The minimum atomic E-state index is -3.75. The molecule has 6 nitrogen and oxygen atoms in total. The summed E-state index contributed by atoms with van der Waals surface area (Å²) in [6, 6.07) is 20.3. The van der Waals surface area contributed by atoms with Crippen LogP contribution in [0.25, 0.3) is 0 Å². The summed E-state index contributed by atoms with van der Waals surface area (Å²) in [6.07, 6.45) is 0. The van der Waals surface area contributed by atoms with E-state index < -0.39 is 10.2 Å². The maximum atomic E-state index is 13.5. The molecule has 0 N–H and O–H groups in total. The fourth-order valence-corrected chi connectivity index (χ4v) is 5.41. The van der Waals surface area contributed by atoms with Crippen LogP contribution in [0.5, 0.6) is 11.5 Å². The number of ether oxygens (including phenoxy) is 2. The lowest BCUT2D eigenvalue weighted by Crippen LogP contribution is -2.37. The third kappa shape index (κ3) is 3.85. The number of methoxy groups -OCH3 is 2. The summed E-state index contributed by atoms with van der Waals surface area (Å²) >= 11 is 3.47. The van der Waals surface area contributed by atoms with E-state index in [1.807, 2.05) is 66.7 Å². The van der Waals surface area contributed by atoms with Crippen LogP contribution < -0.4 is 18.1 Å². The van der Waals surface area contributed by atoms with E-state index in [0.717, 1.165) is 27.1 Å². The number of hydrogen-bond donors (Lipinski definition) is 0. The summed E-state index contributed by atoms with van der Waals surface area (Å²) in [5.41, 5.74) is 3.05. The Morgan fingerprint density at radius 1 is 0.733 bits per heavy atom. The molecule has 0 aromatic heterocycles. The highest BCUT2D eigenvalue weighted by Crippen LogP contribution is 2.44. The van der Waals surface area contributed by atoms with E-state index in [1.54, 1.807) is 14.2 Å². The van der Waals surface area contributed by atoms with Gasteiger partial charge in [-0.05, 0) is 53.6 Å². The van der Waals surface area contributed by atoms with E-state index in [-0.39, 0.29) is 13.1 Å². The predicted molar refractivity (Wildman–Crippen MR) is 121 cm³/mol. The molecule has 0 radical (unpaired) electrons. The van der Waals surface area contributed by atoms with Crippen molar-refractivity contribution in [3.8, 4) is 11.5 Å². The van der Waals surface area contributed by atoms with Gasteiger partial charge in [-0.3, -0.25) is 0 Å². The van der Waals surface area contributed by atoms with E-state index in [9.17, 15) is 8.42 Å². The molecule has 3 aromatic carbocycles. The minimum Gasteiger partial charge on any atom is -0.497 e. The fraction of sp³-hybridized carbons (Fsp3) is 0.182. The van der Waals surface area contributed by atoms with Gasteiger partial charge in [-0.25, -0.2) is 8.61 Å².